The summed E-state index contributed by atoms with van der Waals surface area (Å²) in [6.07, 6.45) is -0.152. The second-order valence-corrected chi connectivity index (χ2v) is 7.59. The Hall–Kier alpha value is -2.42. The van der Waals surface area contributed by atoms with Crippen molar-refractivity contribution in [1.29, 1.82) is 0 Å². The molecule has 2 N–H and O–H groups in total. The van der Waals surface area contributed by atoms with E-state index in [1.54, 1.807) is 54.6 Å². The topological polar surface area (TPSA) is 78.5 Å². The molecule has 0 saturated carbocycles. The van der Waals surface area contributed by atoms with E-state index in [2.05, 4.69) is 10.6 Å². The number of carbonyl (C=O) groups excluding carboxylic acids is 3. The van der Waals surface area contributed by atoms with Gasteiger partial charge in [-0.05, 0) is 60.4 Å². The predicted octanol–water partition coefficient (Wildman–Crippen LogP) is 3.81. The molecule has 0 aliphatic carbocycles. The van der Waals surface area contributed by atoms with Crippen LogP contribution in [0.25, 0.3) is 0 Å². The Morgan fingerprint density at radius 1 is 1.11 bits per heavy atom. The van der Waals surface area contributed by atoms with Gasteiger partial charge < -0.3 is 10.6 Å². The second kappa shape index (κ2) is 8.51. The fraction of sp³-hybridized carbons (Fsp3) is 0.111. The molecule has 0 spiro atoms. The van der Waals surface area contributed by atoms with Crippen molar-refractivity contribution in [3.63, 3.8) is 0 Å². The summed E-state index contributed by atoms with van der Waals surface area (Å²) in [5, 5.41) is 4.87. The van der Waals surface area contributed by atoms with Gasteiger partial charge >= 0.3 is 0 Å². The Morgan fingerprint density at radius 2 is 1.78 bits per heavy atom. The van der Waals surface area contributed by atoms with Gasteiger partial charge in [0.2, 0.25) is 11.8 Å². The fourth-order valence-corrected chi connectivity index (χ4v) is 3.78. The molecule has 1 atom stereocenters. The van der Waals surface area contributed by atoms with Crippen LogP contribution in [0.1, 0.15) is 6.42 Å². The minimum Gasteiger partial charge on any atom is -0.332 e. The number of thiocarbonyl (C=S) groups is 1. The Kier molecular flexibility index (Phi) is 6.10. The number of amides is 3. The number of anilines is 2. The molecule has 27 heavy (non-hydrogen) atoms. The van der Waals surface area contributed by atoms with Crippen LogP contribution in [0.4, 0.5) is 16.2 Å². The lowest BCUT2D eigenvalue weighted by atomic mass is 10.2. The molecule has 1 heterocycles. The first-order chi connectivity index (χ1) is 12.9. The van der Waals surface area contributed by atoms with Gasteiger partial charge in [0.15, 0.2) is 5.11 Å². The zero-order valence-corrected chi connectivity index (χ0v) is 16.2. The minimum atomic E-state index is -0.781. The summed E-state index contributed by atoms with van der Waals surface area (Å²) < 4.78 is 0. The number of benzene rings is 2. The van der Waals surface area contributed by atoms with Gasteiger partial charge in [-0.3, -0.25) is 14.4 Å². The summed E-state index contributed by atoms with van der Waals surface area (Å²) in [6.45, 7) is 0. The zero-order chi connectivity index (χ0) is 19.4. The number of hydrogen-bond acceptors (Lipinski definition) is 5. The average Bonchev–Trinajstić information content (AvgIpc) is 2.91. The highest BCUT2D eigenvalue weighted by Crippen LogP contribution is 2.33. The van der Waals surface area contributed by atoms with E-state index in [-0.39, 0.29) is 11.5 Å². The number of thioether (sulfide) groups is 1. The van der Waals surface area contributed by atoms with E-state index >= 15 is 0 Å². The van der Waals surface area contributed by atoms with Crippen LogP contribution < -0.4 is 15.5 Å². The predicted molar refractivity (Wildman–Crippen MR) is 111 cm³/mol. The molecule has 1 fully saturated rings. The minimum absolute atomic E-state index is 0.101. The first-order valence-electron chi connectivity index (χ1n) is 7.90. The smallest absolute Gasteiger partial charge is 0.293 e. The molecule has 2 aromatic carbocycles. The van der Waals surface area contributed by atoms with Crippen LogP contribution in [-0.2, 0) is 9.59 Å². The van der Waals surface area contributed by atoms with E-state index in [4.69, 9.17) is 23.8 Å². The molecule has 1 aliphatic heterocycles. The van der Waals surface area contributed by atoms with Gasteiger partial charge in [-0.15, -0.1) is 0 Å². The molecule has 3 rings (SSSR count). The summed E-state index contributed by atoms with van der Waals surface area (Å²) in [6, 6.07) is 15.4. The molecule has 138 valence electrons. The quantitative estimate of drug-likeness (QED) is 0.733. The van der Waals surface area contributed by atoms with Crippen molar-refractivity contribution in [1.82, 2.24) is 5.32 Å². The van der Waals surface area contributed by atoms with Gasteiger partial charge in [0.1, 0.15) is 5.25 Å². The van der Waals surface area contributed by atoms with Crippen molar-refractivity contribution in [3.8, 4) is 0 Å². The fourth-order valence-electron chi connectivity index (χ4n) is 2.44. The SMILES string of the molecule is O=C(C[C@H]1SC(=O)N(c2ccccc2)C1=O)NC(=S)Nc1ccc(Cl)cc1. The maximum Gasteiger partial charge on any atom is 0.293 e. The highest BCUT2D eigenvalue weighted by atomic mass is 35.5. The van der Waals surface area contributed by atoms with Crippen LogP contribution in [-0.4, -0.2) is 27.4 Å². The lowest BCUT2D eigenvalue weighted by Crippen LogP contribution is -2.38. The third kappa shape index (κ3) is 4.85. The van der Waals surface area contributed by atoms with Crippen molar-refractivity contribution in [2.45, 2.75) is 11.7 Å². The Balaban J connectivity index is 1.56. The number of hydrogen-bond donors (Lipinski definition) is 2. The summed E-state index contributed by atoms with van der Waals surface area (Å²) in [4.78, 5) is 37.9. The molecular weight excluding hydrogens is 406 g/mol. The van der Waals surface area contributed by atoms with E-state index in [1.807, 2.05) is 0 Å². The summed E-state index contributed by atoms with van der Waals surface area (Å²) in [7, 11) is 0. The van der Waals surface area contributed by atoms with E-state index in [1.165, 1.54) is 0 Å². The normalized spacial score (nSPS) is 16.3. The van der Waals surface area contributed by atoms with Crippen LogP contribution in [0, 0.1) is 0 Å². The van der Waals surface area contributed by atoms with Crippen LogP contribution in [0.2, 0.25) is 5.02 Å². The third-order valence-electron chi connectivity index (χ3n) is 3.66. The summed E-state index contributed by atoms with van der Waals surface area (Å²) >= 11 is 11.7. The molecular formula is C18H14ClN3O3S2. The number of nitrogens with one attached hydrogen (secondary N) is 2. The molecule has 6 nitrogen and oxygen atoms in total. The van der Waals surface area contributed by atoms with Gasteiger partial charge in [-0.2, -0.15) is 0 Å². The van der Waals surface area contributed by atoms with Crippen LogP contribution >= 0.6 is 35.6 Å². The van der Waals surface area contributed by atoms with Gasteiger partial charge in [0.05, 0.1) is 5.69 Å². The number of carbonyl (C=O) groups is 3. The van der Waals surface area contributed by atoms with E-state index in [0.717, 1.165) is 16.7 Å². The molecule has 3 amide bonds. The lowest BCUT2D eigenvalue weighted by molar-refractivity contribution is -0.123. The largest absolute Gasteiger partial charge is 0.332 e. The van der Waals surface area contributed by atoms with Crippen molar-refractivity contribution >= 4 is 69.1 Å². The van der Waals surface area contributed by atoms with Crippen LogP contribution in [0.15, 0.2) is 54.6 Å². The first-order valence-corrected chi connectivity index (χ1v) is 9.56. The summed E-state index contributed by atoms with van der Waals surface area (Å²) in [5.41, 5.74) is 1.16. The van der Waals surface area contributed by atoms with Crippen molar-refractivity contribution in [2.24, 2.45) is 0 Å². The van der Waals surface area contributed by atoms with Crippen molar-refractivity contribution in [3.05, 3.63) is 59.6 Å². The number of halogens is 1. The van der Waals surface area contributed by atoms with Gasteiger partial charge in [-0.25, -0.2) is 4.90 Å². The molecule has 0 bridgehead atoms. The number of para-hydroxylation sites is 1. The van der Waals surface area contributed by atoms with Crippen molar-refractivity contribution < 1.29 is 14.4 Å². The van der Waals surface area contributed by atoms with E-state index in [0.29, 0.717) is 16.4 Å². The molecule has 1 aliphatic rings. The molecule has 0 aromatic heterocycles. The van der Waals surface area contributed by atoms with Crippen LogP contribution in [0.5, 0.6) is 0 Å². The molecule has 2 aromatic rings. The van der Waals surface area contributed by atoms with E-state index < -0.39 is 22.3 Å². The van der Waals surface area contributed by atoms with Gasteiger partial charge in [0, 0.05) is 17.1 Å². The standard InChI is InChI=1S/C18H14ClN3O3S2/c19-11-6-8-12(9-7-11)20-17(26)21-15(23)10-14-16(24)22(18(25)27-14)13-4-2-1-3-5-13/h1-9,14H,10H2,(H2,20,21,23,26)/t14-/m1/s1. The highest BCUT2D eigenvalue weighted by molar-refractivity contribution is 8.15. The van der Waals surface area contributed by atoms with Crippen LogP contribution in [0.3, 0.4) is 0 Å². The maximum atomic E-state index is 12.5. The van der Waals surface area contributed by atoms with Gasteiger partial charge in [-0.1, -0.05) is 29.8 Å². The lowest BCUT2D eigenvalue weighted by Gasteiger charge is -2.14. The third-order valence-corrected chi connectivity index (χ3v) is 5.15. The molecule has 1 saturated heterocycles. The number of nitrogens with zero attached hydrogens (tertiary/aromatic N) is 1. The Morgan fingerprint density at radius 3 is 2.44 bits per heavy atom. The molecule has 9 heteroatoms. The second-order valence-electron chi connectivity index (χ2n) is 5.59. The number of imide groups is 1. The maximum absolute atomic E-state index is 12.5. The molecule has 0 unspecified atom stereocenters. The first kappa shape index (κ1) is 19.3. The zero-order valence-electron chi connectivity index (χ0n) is 13.8. The summed E-state index contributed by atoms with van der Waals surface area (Å²) in [5.74, 6) is -0.863. The molecule has 0 radical (unpaired) electrons. The average molecular weight is 420 g/mol. The highest BCUT2D eigenvalue weighted by Gasteiger charge is 2.41. The van der Waals surface area contributed by atoms with Crippen molar-refractivity contribution in [2.75, 3.05) is 10.2 Å². The Bertz CT molecular complexity index is 890. The number of rotatable bonds is 4. The van der Waals surface area contributed by atoms with E-state index in [9.17, 15) is 14.4 Å². The Labute approximate surface area is 170 Å². The van der Waals surface area contributed by atoms with Gasteiger partial charge in [0.25, 0.3) is 5.24 Å². The monoisotopic (exact) mass is 419 g/mol.